The number of hydrogen-bond donors (Lipinski definition) is 2. The third-order valence-electron chi connectivity index (χ3n) is 3.22. The number of nitrogens with two attached hydrogens (primary N) is 1. The Bertz CT molecular complexity index is 422. The molecule has 1 aromatic heterocycles. The maximum Gasteiger partial charge on any atom is 0.250 e. The summed E-state index contributed by atoms with van der Waals surface area (Å²) in [7, 11) is 0. The van der Waals surface area contributed by atoms with Gasteiger partial charge in [0.05, 0.1) is 6.10 Å². The van der Waals surface area contributed by atoms with Crippen molar-refractivity contribution in [2.45, 2.75) is 25.5 Å². The van der Waals surface area contributed by atoms with E-state index >= 15 is 0 Å². The van der Waals surface area contributed by atoms with Crippen LogP contribution in [0.3, 0.4) is 0 Å². The summed E-state index contributed by atoms with van der Waals surface area (Å²) in [6.45, 7) is 3.28. The minimum atomic E-state index is -0.152. The van der Waals surface area contributed by atoms with E-state index in [4.69, 9.17) is 5.73 Å². The largest absolute Gasteiger partial charge is 0.398 e. The molecule has 1 aliphatic rings. The van der Waals surface area contributed by atoms with Crippen LogP contribution in [0.5, 0.6) is 0 Å². The Hall–Kier alpha value is -1.33. The summed E-state index contributed by atoms with van der Waals surface area (Å²) in [4.78, 5) is 13.8. The van der Waals surface area contributed by atoms with Crippen molar-refractivity contribution in [1.82, 2.24) is 9.47 Å². The first-order valence-corrected chi connectivity index (χ1v) is 6.01. The van der Waals surface area contributed by atoms with Gasteiger partial charge < -0.3 is 20.3 Å². The van der Waals surface area contributed by atoms with E-state index < -0.39 is 0 Å². The van der Waals surface area contributed by atoms with Crippen LogP contribution in [0.1, 0.15) is 12.8 Å². The van der Waals surface area contributed by atoms with Crippen molar-refractivity contribution in [2.24, 2.45) is 0 Å². The molecule has 0 aliphatic carbocycles. The quantitative estimate of drug-likeness (QED) is 0.769. The fourth-order valence-electron chi connectivity index (χ4n) is 2.12. The van der Waals surface area contributed by atoms with E-state index in [1.807, 2.05) is 0 Å². The Morgan fingerprint density at radius 3 is 2.71 bits per heavy atom. The standard InChI is InChI=1S/C12H19N3O2/c13-10-1-2-12(17)15(9-10)8-7-14-5-3-11(16)4-6-14/h1-2,9,11,16H,3-8,13H2. The Kier molecular flexibility index (Phi) is 3.81. The van der Waals surface area contributed by atoms with Crippen molar-refractivity contribution in [3.05, 3.63) is 28.7 Å². The fourth-order valence-corrected chi connectivity index (χ4v) is 2.12. The van der Waals surface area contributed by atoms with Crippen molar-refractivity contribution in [3.63, 3.8) is 0 Å². The molecule has 0 amide bonds. The van der Waals surface area contributed by atoms with Crippen LogP contribution >= 0.6 is 0 Å². The highest BCUT2D eigenvalue weighted by Gasteiger charge is 2.16. The lowest BCUT2D eigenvalue weighted by Gasteiger charge is -2.29. The molecule has 1 aromatic rings. The molecule has 0 spiro atoms. The second kappa shape index (κ2) is 5.33. The van der Waals surface area contributed by atoms with E-state index in [0.717, 1.165) is 32.5 Å². The Labute approximate surface area is 100 Å². The summed E-state index contributed by atoms with van der Waals surface area (Å²) in [6.07, 6.45) is 3.18. The number of piperidine rings is 1. The first kappa shape index (κ1) is 12.1. The van der Waals surface area contributed by atoms with Gasteiger partial charge in [-0.1, -0.05) is 0 Å². The number of nitrogen functional groups attached to an aromatic ring is 1. The lowest BCUT2D eigenvalue weighted by atomic mass is 10.1. The first-order chi connectivity index (χ1) is 8.15. The average Bonchev–Trinajstić information content (AvgIpc) is 2.32. The van der Waals surface area contributed by atoms with Crippen molar-refractivity contribution in [2.75, 3.05) is 25.4 Å². The predicted octanol–water partition coefficient (Wildman–Crippen LogP) is -0.113. The van der Waals surface area contributed by atoms with E-state index in [1.54, 1.807) is 16.8 Å². The fraction of sp³-hybridized carbons (Fsp3) is 0.583. The molecule has 0 radical (unpaired) electrons. The third-order valence-corrected chi connectivity index (χ3v) is 3.22. The lowest BCUT2D eigenvalue weighted by Crippen LogP contribution is -2.38. The average molecular weight is 237 g/mol. The van der Waals surface area contributed by atoms with Crippen LogP contribution in [-0.4, -0.2) is 40.3 Å². The molecule has 1 saturated heterocycles. The van der Waals surface area contributed by atoms with E-state index in [-0.39, 0.29) is 11.7 Å². The van der Waals surface area contributed by atoms with E-state index in [0.29, 0.717) is 12.2 Å². The number of aliphatic hydroxyl groups is 1. The highest BCUT2D eigenvalue weighted by molar-refractivity contribution is 5.33. The Morgan fingerprint density at radius 1 is 1.29 bits per heavy atom. The summed E-state index contributed by atoms with van der Waals surface area (Å²) < 4.78 is 1.64. The van der Waals surface area contributed by atoms with Crippen LogP contribution in [0.2, 0.25) is 0 Å². The molecule has 94 valence electrons. The molecule has 2 rings (SSSR count). The van der Waals surface area contributed by atoms with Crippen LogP contribution in [0.25, 0.3) is 0 Å². The zero-order valence-corrected chi connectivity index (χ0v) is 9.88. The summed E-state index contributed by atoms with van der Waals surface area (Å²) in [5.41, 5.74) is 6.24. The molecule has 3 N–H and O–H groups in total. The number of nitrogens with zero attached hydrogens (tertiary/aromatic N) is 2. The van der Waals surface area contributed by atoms with Gasteiger partial charge in [-0.15, -0.1) is 0 Å². The van der Waals surface area contributed by atoms with Crippen LogP contribution < -0.4 is 11.3 Å². The lowest BCUT2D eigenvalue weighted by molar-refractivity contribution is 0.0808. The van der Waals surface area contributed by atoms with Gasteiger partial charge in [0, 0.05) is 44.1 Å². The molecule has 2 heterocycles. The van der Waals surface area contributed by atoms with Gasteiger partial charge in [-0.2, -0.15) is 0 Å². The zero-order chi connectivity index (χ0) is 12.3. The number of aromatic nitrogens is 1. The number of pyridine rings is 1. The molecule has 0 aromatic carbocycles. The summed E-state index contributed by atoms with van der Waals surface area (Å²) >= 11 is 0. The zero-order valence-electron chi connectivity index (χ0n) is 9.88. The van der Waals surface area contributed by atoms with Gasteiger partial charge >= 0.3 is 0 Å². The minimum absolute atomic E-state index is 0.0174. The van der Waals surface area contributed by atoms with Crippen molar-refractivity contribution >= 4 is 5.69 Å². The van der Waals surface area contributed by atoms with Crippen LogP contribution in [0.4, 0.5) is 5.69 Å². The number of likely N-dealkylation sites (tertiary alicyclic amines) is 1. The smallest absolute Gasteiger partial charge is 0.250 e. The van der Waals surface area contributed by atoms with Gasteiger partial charge in [0.2, 0.25) is 0 Å². The minimum Gasteiger partial charge on any atom is -0.398 e. The van der Waals surface area contributed by atoms with Crippen LogP contribution in [0, 0.1) is 0 Å². The van der Waals surface area contributed by atoms with Crippen molar-refractivity contribution in [1.29, 1.82) is 0 Å². The maximum absolute atomic E-state index is 11.5. The molecule has 0 bridgehead atoms. The van der Waals surface area contributed by atoms with Gasteiger partial charge in [0.1, 0.15) is 0 Å². The molecule has 17 heavy (non-hydrogen) atoms. The van der Waals surface area contributed by atoms with Gasteiger partial charge in [-0.3, -0.25) is 4.79 Å². The molecule has 5 heteroatoms. The number of hydrogen-bond acceptors (Lipinski definition) is 4. The highest BCUT2D eigenvalue weighted by Crippen LogP contribution is 2.09. The summed E-state index contributed by atoms with van der Waals surface area (Å²) in [5, 5.41) is 9.39. The maximum atomic E-state index is 11.5. The van der Waals surface area contributed by atoms with Gasteiger partial charge in [0.25, 0.3) is 5.56 Å². The Balaban J connectivity index is 1.89. The molecule has 0 saturated carbocycles. The van der Waals surface area contributed by atoms with E-state index in [9.17, 15) is 9.90 Å². The summed E-state index contributed by atoms with van der Waals surface area (Å²) in [5.74, 6) is 0. The molecule has 5 nitrogen and oxygen atoms in total. The van der Waals surface area contributed by atoms with Gasteiger partial charge in [-0.05, 0) is 18.9 Å². The second-order valence-electron chi connectivity index (χ2n) is 4.57. The molecule has 0 unspecified atom stereocenters. The van der Waals surface area contributed by atoms with Crippen LogP contribution in [-0.2, 0) is 6.54 Å². The highest BCUT2D eigenvalue weighted by atomic mass is 16.3. The molecular formula is C12H19N3O2. The van der Waals surface area contributed by atoms with Gasteiger partial charge in [-0.25, -0.2) is 0 Å². The SMILES string of the molecule is Nc1ccc(=O)n(CCN2CCC(O)CC2)c1. The molecular weight excluding hydrogens is 218 g/mol. The topological polar surface area (TPSA) is 71.5 Å². The van der Waals surface area contributed by atoms with E-state index in [1.165, 1.54) is 6.07 Å². The van der Waals surface area contributed by atoms with Gasteiger partial charge in [0.15, 0.2) is 0 Å². The predicted molar refractivity (Wildman–Crippen MR) is 66.8 cm³/mol. The number of aliphatic hydroxyl groups excluding tert-OH is 1. The molecule has 1 aliphatic heterocycles. The third kappa shape index (κ3) is 3.31. The summed E-state index contributed by atoms with van der Waals surface area (Å²) in [6, 6.07) is 3.12. The monoisotopic (exact) mass is 237 g/mol. The number of rotatable bonds is 3. The first-order valence-electron chi connectivity index (χ1n) is 6.01. The molecule has 0 atom stereocenters. The van der Waals surface area contributed by atoms with E-state index in [2.05, 4.69) is 4.90 Å². The normalized spacial score (nSPS) is 18.4. The van der Waals surface area contributed by atoms with Crippen LogP contribution in [0.15, 0.2) is 23.1 Å². The van der Waals surface area contributed by atoms with Crippen molar-refractivity contribution in [3.8, 4) is 0 Å². The second-order valence-corrected chi connectivity index (χ2v) is 4.57. The number of anilines is 1. The van der Waals surface area contributed by atoms with Crippen molar-refractivity contribution < 1.29 is 5.11 Å². The molecule has 1 fully saturated rings. The Morgan fingerprint density at radius 2 is 2.00 bits per heavy atom.